The van der Waals surface area contributed by atoms with E-state index in [1.54, 1.807) is 19.2 Å². The first kappa shape index (κ1) is 14.1. The number of nitrogens with one attached hydrogen (secondary N) is 1. The van der Waals surface area contributed by atoms with E-state index >= 15 is 0 Å². The molecule has 1 aromatic carbocycles. The van der Waals surface area contributed by atoms with Crippen LogP contribution in [0.4, 0.5) is 5.69 Å². The molecule has 1 N–H and O–H groups in total. The molecule has 2 rings (SSSR count). The zero-order valence-electron chi connectivity index (χ0n) is 10.5. The summed E-state index contributed by atoms with van der Waals surface area (Å²) in [5.41, 5.74) is 1.45. The van der Waals surface area contributed by atoms with Gasteiger partial charge in [-0.05, 0) is 24.6 Å². The summed E-state index contributed by atoms with van der Waals surface area (Å²) in [5.74, 6) is 0. The highest BCUT2D eigenvalue weighted by Crippen LogP contribution is 2.29. The van der Waals surface area contributed by atoms with Crippen molar-refractivity contribution in [3.63, 3.8) is 0 Å². The zero-order chi connectivity index (χ0) is 14.0. The lowest BCUT2D eigenvalue weighted by molar-refractivity contribution is 0.582. The van der Waals surface area contributed by atoms with Crippen molar-refractivity contribution in [2.45, 2.75) is 16.8 Å². The van der Waals surface area contributed by atoms with Gasteiger partial charge < -0.3 is 0 Å². The molecule has 0 aliphatic carbocycles. The Balaban J connectivity index is 2.39. The highest BCUT2D eigenvalue weighted by molar-refractivity contribution is 9.09. The molecule has 0 spiro atoms. The van der Waals surface area contributed by atoms with Gasteiger partial charge in [0.25, 0.3) is 10.0 Å². The van der Waals surface area contributed by atoms with E-state index in [4.69, 9.17) is 0 Å². The minimum Gasteiger partial charge on any atom is -0.278 e. The number of anilines is 1. The van der Waals surface area contributed by atoms with Gasteiger partial charge in [0, 0.05) is 11.9 Å². The maximum absolute atomic E-state index is 12.3. The van der Waals surface area contributed by atoms with Crippen LogP contribution in [0.1, 0.15) is 17.3 Å². The van der Waals surface area contributed by atoms with Crippen LogP contribution in [0.3, 0.4) is 0 Å². The van der Waals surface area contributed by atoms with Crippen LogP contribution in [0.2, 0.25) is 0 Å². The SMILES string of the molecule is CC(Br)c1ccccc1NS(=O)(=O)c1ccnn1C. The number of hydrogen-bond acceptors (Lipinski definition) is 3. The van der Waals surface area contributed by atoms with Gasteiger partial charge in [-0.1, -0.05) is 34.1 Å². The van der Waals surface area contributed by atoms with Gasteiger partial charge >= 0.3 is 0 Å². The number of sulfonamides is 1. The number of alkyl halides is 1. The van der Waals surface area contributed by atoms with E-state index in [9.17, 15) is 8.42 Å². The van der Waals surface area contributed by atoms with Crippen molar-refractivity contribution in [1.82, 2.24) is 9.78 Å². The molecule has 1 heterocycles. The molecular formula is C12H14BrN3O2S. The molecule has 0 saturated heterocycles. The Morgan fingerprint density at radius 3 is 2.58 bits per heavy atom. The first-order chi connectivity index (χ1) is 8.92. The number of hydrogen-bond donors (Lipinski definition) is 1. The number of benzene rings is 1. The fourth-order valence-corrected chi connectivity index (χ4v) is 3.37. The molecule has 0 amide bonds. The fraction of sp³-hybridized carbons (Fsp3) is 0.250. The van der Waals surface area contributed by atoms with E-state index in [2.05, 4.69) is 25.8 Å². The topological polar surface area (TPSA) is 64.0 Å². The molecule has 1 unspecified atom stereocenters. The van der Waals surface area contributed by atoms with Crippen molar-refractivity contribution in [3.8, 4) is 0 Å². The van der Waals surface area contributed by atoms with Crippen LogP contribution in [0.15, 0.2) is 41.6 Å². The molecule has 0 fully saturated rings. The van der Waals surface area contributed by atoms with Crippen LogP contribution in [0.25, 0.3) is 0 Å². The van der Waals surface area contributed by atoms with Crippen LogP contribution >= 0.6 is 15.9 Å². The lowest BCUT2D eigenvalue weighted by Gasteiger charge is -2.13. The largest absolute Gasteiger partial charge is 0.279 e. The Bertz CT molecular complexity index is 680. The molecular weight excluding hydrogens is 330 g/mol. The number of aromatic nitrogens is 2. The summed E-state index contributed by atoms with van der Waals surface area (Å²) in [7, 11) is -2.04. The predicted molar refractivity (Wildman–Crippen MR) is 77.8 cm³/mol. The molecule has 0 saturated carbocycles. The number of para-hydroxylation sites is 1. The number of nitrogens with zero attached hydrogens (tertiary/aromatic N) is 2. The quantitative estimate of drug-likeness (QED) is 0.868. The minimum atomic E-state index is -3.63. The van der Waals surface area contributed by atoms with E-state index < -0.39 is 10.0 Å². The first-order valence-electron chi connectivity index (χ1n) is 5.65. The number of aryl methyl sites for hydroxylation is 1. The average molecular weight is 344 g/mol. The highest BCUT2D eigenvalue weighted by Gasteiger charge is 2.20. The maximum Gasteiger partial charge on any atom is 0.279 e. The van der Waals surface area contributed by atoms with E-state index in [-0.39, 0.29) is 9.85 Å². The molecule has 5 nitrogen and oxygen atoms in total. The van der Waals surface area contributed by atoms with Gasteiger partial charge in [-0.15, -0.1) is 0 Å². The predicted octanol–water partition coefficient (Wildman–Crippen LogP) is 2.68. The average Bonchev–Trinajstić information content (AvgIpc) is 2.76. The summed E-state index contributed by atoms with van der Waals surface area (Å²) in [6.07, 6.45) is 1.45. The molecule has 0 radical (unpaired) electrons. The van der Waals surface area contributed by atoms with E-state index in [0.29, 0.717) is 5.69 Å². The van der Waals surface area contributed by atoms with Crippen molar-refractivity contribution in [1.29, 1.82) is 0 Å². The second kappa shape index (κ2) is 5.34. The molecule has 0 aliphatic heterocycles. The van der Waals surface area contributed by atoms with Crippen molar-refractivity contribution in [2.24, 2.45) is 7.05 Å². The second-order valence-corrected chi connectivity index (χ2v) is 7.10. The third kappa shape index (κ3) is 2.98. The Labute approximate surface area is 120 Å². The lowest BCUT2D eigenvalue weighted by Crippen LogP contribution is -2.17. The van der Waals surface area contributed by atoms with Gasteiger partial charge in [-0.2, -0.15) is 13.5 Å². The Morgan fingerprint density at radius 1 is 1.32 bits per heavy atom. The second-order valence-electron chi connectivity index (χ2n) is 4.10. The van der Waals surface area contributed by atoms with Crippen molar-refractivity contribution in [2.75, 3.05) is 4.72 Å². The summed E-state index contributed by atoms with van der Waals surface area (Å²) >= 11 is 3.45. The number of rotatable bonds is 4. The summed E-state index contributed by atoms with van der Waals surface area (Å²) in [6.45, 7) is 1.94. The Kier molecular flexibility index (Phi) is 3.96. The van der Waals surface area contributed by atoms with Crippen LogP contribution in [-0.4, -0.2) is 18.2 Å². The molecule has 1 aromatic heterocycles. The van der Waals surface area contributed by atoms with Gasteiger partial charge in [-0.25, -0.2) is 0 Å². The molecule has 2 aromatic rings. The highest BCUT2D eigenvalue weighted by atomic mass is 79.9. The maximum atomic E-state index is 12.3. The van der Waals surface area contributed by atoms with Crippen molar-refractivity contribution in [3.05, 3.63) is 42.1 Å². The fourth-order valence-electron chi connectivity index (χ4n) is 1.76. The van der Waals surface area contributed by atoms with Crippen molar-refractivity contribution >= 4 is 31.6 Å². The first-order valence-corrected chi connectivity index (χ1v) is 8.05. The molecule has 1 atom stereocenters. The molecule has 102 valence electrons. The van der Waals surface area contributed by atoms with E-state index in [0.717, 1.165) is 5.56 Å². The molecule has 0 aliphatic rings. The molecule has 0 bridgehead atoms. The smallest absolute Gasteiger partial charge is 0.278 e. The summed E-state index contributed by atoms with van der Waals surface area (Å²) in [6, 6.07) is 8.74. The Morgan fingerprint density at radius 2 is 2.00 bits per heavy atom. The van der Waals surface area contributed by atoms with E-state index in [1.807, 2.05) is 19.1 Å². The summed E-state index contributed by atoms with van der Waals surface area (Å²) < 4.78 is 28.5. The minimum absolute atomic E-state index is 0.0536. The standard InChI is InChI=1S/C12H14BrN3O2S/c1-9(13)10-5-3-4-6-11(10)15-19(17,18)12-7-8-14-16(12)2/h3-9,15H,1-2H3. The summed E-state index contributed by atoms with van der Waals surface area (Å²) in [5, 5.41) is 4.00. The third-order valence-corrected chi connectivity index (χ3v) is 4.62. The molecule has 19 heavy (non-hydrogen) atoms. The van der Waals surface area contributed by atoms with Gasteiger partial charge in [0.2, 0.25) is 0 Å². The van der Waals surface area contributed by atoms with Gasteiger partial charge in [0.1, 0.15) is 0 Å². The van der Waals surface area contributed by atoms with Gasteiger partial charge in [-0.3, -0.25) is 9.40 Å². The van der Waals surface area contributed by atoms with Gasteiger partial charge in [0.15, 0.2) is 5.03 Å². The normalized spacial score (nSPS) is 13.2. The van der Waals surface area contributed by atoms with Crippen LogP contribution < -0.4 is 4.72 Å². The monoisotopic (exact) mass is 343 g/mol. The molecule has 7 heteroatoms. The van der Waals surface area contributed by atoms with Crippen LogP contribution in [-0.2, 0) is 17.1 Å². The van der Waals surface area contributed by atoms with Crippen molar-refractivity contribution < 1.29 is 8.42 Å². The van der Waals surface area contributed by atoms with Gasteiger partial charge in [0.05, 0.1) is 11.9 Å². The van der Waals surface area contributed by atoms with Crippen LogP contribution in [0.5, 0.6) is 0 Å². The summed E-state index contributed by atoms with van der Waals surface area (Å²) in [4.78, 5) is 0.0536. The van der Waals surface area contributed by atoms with E-state index in [1.165, 1.54) is 16.9 Å². The third-order valence-electron chi connectivity index (χ3n) is 2.68. The van der Waals surface area contributed by atoms with Crippen LogP contribution in [0, 0.1) is 0 Å². The number of halogens is 1. The zero-order valence-corrected chi connectivity index (χ0v) is 12.9. The Hall–Kier alpha value is -1.34. The lowest BCUT2D eigenvalue weighted by atomic mass is 10.1.